The third kappa shape index (κ3) is 15.9. The van der Waals surface area contributed by atoms with E-state index in [-0.39, 0.29) is 0 Å². The van der Waals surface area contributed by atoms with E-state index >= 15 is 0 Å². The minimum atomic E-state index is 0.779. The Labute approximate surface area is 107 Å². The predicted octanol–water partition coefficient (Wildman–Crippen LogP) is 2.69. The molecule has 3 heteroatoms. The second-order valence-corrected chi connectivity index (χ2v) is 4.63. The van der Waals surface area contributed by atoms with Gasteiger partial charge in [0.05, 0.1) is 0 Å². The van der Waals surface area contributed by atoms with Crippen LogP contribution in [0.4, 0.5) is 0 Å². The lowest BCUT2D eigenvalue weighted by Crippen LogP contribution is -2.20. The summed E-state index contributed by atoms with van der Waals surface area (Å²) in [6.07, 6.45) is 10.2. The van der Waals surface area contributed by atoms with Crippen molar-refractivity contribution < 1.29 is 4.74 Å². The van der Waals surface area contributed by atoms with Crippen molar-refractivity contribution in [2.24, 2.45) is 5.73 Å². The van der Waals surface area contributed by atoms with E-state index in [9.17, 15) is 0 Å². The van der Waals surface area contributed by atoms with Gasteiger partial charge in [-0.05, 0) is 38.9 Å². The van der Waals surface area contributed by atoms with Crippen LogP contribution in [-0.4, -0.2) is 32.8 Å². The summed E-state index contributed by atoms with van der Waals surface area (Å²) in [5, 5.41) is 3.35. The first kappa shape index (κ1) is 16.9. The first-order valence-corrected chi connectivity index (χ1v) is 7.40. The molecule has 0 radical (unpaired) electrons. The monoisotopic (exact) mass is 244 g/mol. The van der Waals surface area contributed by atoms with E-state index < -0.39 is 0 Å². The molecule has 0 fully saturated rings. The van der Waals surface area contributed by atoms with Crippen molar-refractivity contribution in [1.29, 1.82) is 0 Å². The third-order valence-corrected chi connectivity index (χ3v) is 2.84. The highest BCUT2D eigenvalue weighted by Gasteiger charge is 1.92. The SMILES string of the molecule is CCCCCCCCOCCCNCCCN. The highest BCUT2D eigenvalue weighted by molar-refractivity contribution is 4.48. The van der Waals surface area contributed by atoms with Gasteiger partial charge < -0.3 is 15.8 Å². The lowest BCUT2D eigenvalue weighted by molar-refractivity contribution is 0.127. The van der Waals surface area contributed by atoms with E-state index in [1.165, 1.54) is 38.5 Å². The van der Waals surface area contributed by atoms with Crippen LogP contribution in [0.5, 0.6) is 0 Å². The second-order valence-electron chi connectivity index (χ2n) is 4.63. The Morgan fingerprint density at radius 1 is 0.824 bits per heavy atom. The molecule has 0 aromatic heterocycles. The number of hydrogen-bond donors (Lipinski definition) is 2. The molecule has 104 valence electrons. The van der Waals surface area contributed by atoms with Crippen LogP contribution in [0, 0.1) is 0 Å². The molecule has 0 aromatic carbocycles. The number of nitrogens with one attached hydrogen (secondary N) is 1. The summed E-state index contributed by atoms with van der Waals surface area (Å²) in [4.78, 5) is 0. The molecule has 0 aliphatic rings. The van der Waals surface area contributed by atoms with Gasteiger partial charge in [-0.2, -0.15) is 0 Å². The zero-order valence-electron chi connectivity index (χ0n) is 11.7. The molecule has 0 bridgehead atoms. The summed E-state index contributed by atoms with van der Waals surface area (Å²) < 4.78 is 5.58. The first-order valence-electron chi connectivity index (χ1n) is 7.40. The van der Waals surface area contributed by atoms with Crippen LogP contribution in [0.2, 0.25) is 0 Å². The van der Waals surface area contributed by atoms with Crippen molar-refractivity contribution in [2.45, 2.75) is 58.3 Å². The molecule has 0 aliphatic carbocycles. The fraction of sp³-hybridized carbons (Fsp3) is 1.00. The fourth-order valence-corrected chi connectivity index (χ4v) is 1.74. The zero-order chi connectivity index (χ0) is 12.6. The van der Waals surface area contributed by atoms with Gasteiger partial charge in [-0.15, -0.1) is 0 Å². The third-order valence-electron chi connectivity index (χ3n) is 2.84. The summed E-state index contributed by atoms with van der Waals surface area (Å²) in [6.45, 7) is 6.95. The molecular formula is C14H32N2O. The molecule has 0 atom stereocenters. The maximum absolute atomic E-state index is 5.58. The Morgan fingerprint density at radius 3 is 2.24 bits per heavy atom. The average Bonchev–Trinajstić information content (AvgIpc) is 2.35. The Bertz CT molecular complexity index is 117. The van der Waals surface area contributed by atoms with Crippen molar-refractivity contribution in [1.82, 2.24) is 5.32 Å². The topological polar surface area (TPSA) is 47.3 Å². The molecule has 0 amide bonds. The summed E-state index contributed by atoms with van der Waals surface area (Å²) in [6, 6.07) is 0. The van der Waals surface area contributed by atoms with Crippen molar-refractivity contribution in [3.8, 4) is 0 Å². The van der Waals surface area contributed by atoms with Gasteiger partial charge in [-0.3, -0.25) is 0 Å². The molecule has 0 unspecified atom stereocenters. The van der Waals surface area contributed by atoms with E-state index in [1.807, 2.05) is 0 Å². The van der Waals surface area contributed by atoms with Crippen LogP contribution in [0.25, 0.3) is 0 Å². The molecule has 3 nitrogen and oxygen atoms in total. The molecule has 0 rings (SSSR count). The van der Waals surface area contributed by atoms with Gasteiger partial charge in [0.1, 0.15) is 0 Å². The number of ether oxygens (including phenoxy) is 1. The van der Waals surface area contributed by atoms with Gasteiger partial charge in [0, 0.05) is 13.2 Å². The van der Waals surface area contributed by atoms with Gasteiger partial charge in [0.15, 0.2) is 0 Å². The lowest BCUT2D eigenvalue weighted by atomic mass is 10.1. The van der Waals surface area contributed by atoms with Crippen LogP contribution < -0.4 is 11.1 Å². The van der Waals surface area contributed by atoms with Gasteiger partial charge in [-0.1, -0.05) is 39.0 Å². The summed E-state index contributed by atoms with van der Waals surface area (Å²) in [5.74, 6) is 0. The molecule has 0 saturated carbocycles. The molecule has 0 saturated heterocycles. The summed E-state index contributed by atoms with van der Waals surface area (Å²) in [5.41, 5.74) is 5.40. The fourth-order valence-electron chi connectivity index (χ4n) is 1.74. The van der Waals surface area contributed by atoms with Crippen molar-refractivity contribution in [3.05, 3.63) is 0 Å². The van der Waals surface area contributed by atoms with Crippen LogP contribution in [0.3, 0.4) is 0 Å². The van der Waals surface area contributed by atoms with E-state index in [0.29, 0.717) is 0 Å². The Morgan fingerprint density at radius 2 is 1.47 bits per heavy atom. The Kier molecular flexibility index (Phi) is 15.8. The summed E-state index contributed by atoms with van der Waals surface area (Å²) >= 11 is 0. The second kappa shape index (κ2) is 15.9. The normalized spacial score (nSPS) is 10.9. The quantitative estimate of drug-likeness (QED) is 0.462. The smallest absolute Gasteiger partial charge is 0.0478 e. The van der Waals surface area contributed by atoms with Crippen LogP contribution in [-0.2, 0) is 4.74 Å². The largest absolute Gasteiger partial charge is 0.381 e. The van der Waals surface area contributed by atoms with Crippen LogP contribution in [0.15, 0.2) is 0 Å². The standard InChI is InChI=1S/C14H32N2O/c1-2-3-4-5-6-7-13-17-14-9-12-16-11-8-10-15/h16H,2-15H2,1H3. The molecule has 0 heterocycles. The number of unbranched alkanes of at least 4 members (excludes halogenated alkanes) is 5. The lowest BCUT2D eigenvalue weighted by Gasteiger charge is -2.05. The number of rotatable bonds is 14. The molecular weight excluding hydrogens is 212 g/mol. The zero-order valence-corrected chi connectivity index (χ0v) is 11.7. The van der Waals surface area contributed by atoms with E-state index in [2.05, 4.69) is 12.2 Å². The van der Waals surface area contributed by atoms with Gasteiger partial charge in [-0.25, -0.2) is 0 Å². The number of nitrogens with two attached hydrogens (primary N) is 1. The molecule has 17 heavy (non-hydrogen) atoms. The first-order chi connectivity index (χ1) is 8.41. The Balaban J connectivity index is 2.85. The highest BCUT2D eigenvalue weighted by atomic mass is 16.5. The number of hydrogen-bond acceptors (Lipinski definition) is 3. The Hall–Kier alpha value is -0.120. The highest BCUT2D eigenvalue weighted by Crippen LogP contribution is 2.04. The van der Waals surface area contributed by atoms with Gasteiger partial charge in [0.2, 0.25) is 0 Å². The predicted molar refractivity (Wildman–Crippen MR) is 75.4 cm³/mol. The van der Waals surface area contributed by atoms with Crippen molar-refractivity contribution in [3.63, 3.8) is 0 Å². The van der Waals surface area contributed by atoms with E-state index in [0.717, 1.165) is 45.7 Å². The van der Waals surface area contributed by atoms with Gasteiger partial charge in [0.25, 0.3) is 0 Å². The van der Waals surface area contributed by atoms with Crippen LogP contribution in [0.1, 0.15) is 58.3 Å². The molecule has 0 aliphatic heterocycles. The maximum atomic E-state index is 5.58. The van der Waals surface area contributed by atoms with Crippen LogP contribution >= 0.6 is 0 Å². The minimum absolute atomic E-state index is 0.779. The minimum Gasteiger partial charge on any atom is -0.381 e. The molecule has 0 spiro atoms. The van der Waals surface area contributed by atoms with Crippen molar-refractivity contribution in [2.75, 3.05) is 32.8 Å². The van der Waals surface area contributed by atoms with Gasteiger partial charge >= 0.3 is 0 Å². The van der Waals surface area contributed by atoms with E-state index in [4.69, 9.17) is 10.5 Å². The van der Waals surface area contributed by atoms with E-state index in [1.54, 1.807) is 0 Å². The van der Waals surface area contributed by atoms with Crippen molar-refractivity contribution >= 4 is 0 Å². The maximum Gasteiger partial charge on any atom is 0.0478 e. The molecule has 0 aromatic rings. The molecule has 3 N–H and O–H groups in total. The summed E-state index contributed by atoms with van der Waals surface area (Å²) in [7, 11) is 0. The average molecular weight is 244 g/mol.